The molecule has 1 unspecified atom stereocenters. The number of carbonyl (C=O) groups excluding carboxylic acids is 1. The SMILES string of the molecule is CC(CNC(=O)Nc1nc2c(s1)CCCC2)N1CCc2ccccc2C1. The van der Waals surface area contributed by atoms with Gasteiger partial charge in [-0.3, -0.25) is 10.2 Å². The van der Waals surface area contributed by atoms with Gasteiger partial charge in [-0.1, -0.05) is 24.3 Å². The summed E-state index contributed by atoms with van der Waals surface area (Å²) in [5.74, 6) is 0. The van der Waals surface area contributed by atoms with Gasteiger partial charge in [0.15, 0.2) is 5.13 Å². The van der Waals surface area contributed by atoms with Gasteiger partial charge in [0.1, 0.15) is 0 Å². The van der Waals surface area contributed by atoms with Crippen LogP contribution in [0.3, 0.4) is 0 Å². The molecule has 1 aliphatic heterocycles. The second-order valence-electron chi connectivity index (χ2n) is 7.27. The third-order valence-corrected chi connectivity index (χ3v) is 6.48. The molecule has 1 atom stereocenters. The highest BCUT2D eigenvalue weighted by Crippen LogP contribution is 2.29. The van der Waals surface area contributed by atoms with Crippen molar-refractivity contribution in [2.75, 3.05) is 18.4 Å². The van der Waals surface area contributed by atoms with Crippen LogP contribution < -0.4 is 10.6 Å². The van der Waals surface area contributed by atoms with Crippen LogP contribution in [0.5, 0.6) is 0 Å². The van der Waals surface area contributed by atoms with Crippen LogP contribution in [0.1, 0.15) is 41.5 Å². The topological polar surface area (TPSA) is 57.3 Å². The van der Waals surface area contributed by atoms with E-state index in [1.54, 1.807) is 11.3 Å². The number of carbonyl (C=O) groups is 1. The molecule has 2 aliphatic rings. The van der Waals surface area contributed by atoms with E-state index in [-0.39, 0.29) is 6.03 Å². The number of hydrogen-bond acceptors (Lipinski definition) is 4. The molecule has 0 spiro atoms. The first-order valence-corrected chi connectivity index (χ1v) is 10.3. The standard InChI is InChI=1S/C20H26N4OS/c1-14(24-11-10-15-6-2-3-7-16(15)13-24)12-21-19(25)23-20-22-17-8-4-5-9-18(17)26-20/h2-3,6-7,14H,4-5,8-13H2,1H3,(H2,21,22,23,25). The van der Waals surface area contributed by atoms with Gasteiger partial charge in [-0.15, -0.1) is 11.3 Å². The highest BCUT2D eigenvalue weighted by molar-refractivity contribution is 7.15. The Balaban J connectivity index is 1.27. The molecule has 5 nitrogen and oxygen atoms in total. The number of benzene rings is 1. The minimum absolute atomic E-state index is 0.152. The summed E-state index contributed by atoms with van der Waals surface area (Å²) in [7, 11) is 0. The summed E-state index contributed by atoms with van der Waals surface area (Å²) in [5, 5.41) is 6.65. The van der Waals surface area contributed by atoms with Crippen molar-refractivity contribution in [3.63, 3.8) is 0 Å². The Kier molecular flexibility index (Phi) is 5.22. The predicted molar refractivity (Wildman–Crippen MR) is 106 cm³/mol. The first kappa shape index (κ1) is 17.5. The van der Waals surface area contributed by atoms with E-state index in [9.17, 15) is 4.79 Å². The van der Waals surface area contributed by atoms with Crippen molar-refractivity contribution >= 4 is 22.5 Å². The molecule has 4 rings (SSSR count). The highest BCUT2D eigenvalue weighted by Gasteiger charge is 2.21. The van der Waals surface area contributed by atoms with Crippen LogP contribution in [0.25, 0.3) is 0 Å². The Morgan fingerprint density at radius 2 is 2.04 bits per heavy atom. The summed E-state index contributed by atoms with van der Waals surface area (Å²) in [6.45, 7) is 4.82. The van der Waals surface area contributed by atoms with Gasteiger partial charge in [-0.25, -0.2) is 9.78 Å². The molecule has 2 heterocycles. The van der Waals surface area contributed by atoms with Gasteiger partial charge in [-0.05, 0) is 50.2 Å². The predicted octanol–water partition coefficient (Wildman–Crippen LogP) is 3.59. The molecule has 0 radical (unpaired) electrons. The maximum atomic E-state index is 12.2. The lowest BCUT2D eigenvalue weighted by atomic mass is 9.99. The van der Waals surface area contributed by atoms with E-state index >= 15 is 0 Å². The summed E-state index contributed by atoms with van der Waals surface area (Å²) >= 11 is 1.62. The molecule has 138 valence electrons. The number of anilines is 1. The fourth-order valence-corrected chi connectivity index (χ4v) is 4.85. The summed E-state index contributed by atoms with van der Waals surface area (Å²) in [5.41, 5.74) is 4.04. The number of nitrogens with one attached hydrogen (secondary N) is 2. The van der Waals surface area contributed by atoms with Crippen molar-refractivity contribution in [2.45, 2.75) is 51.6 Å². The highest BCUT2D eigenvalue weighted by atomic mass is 32.1. The monoisotopic (exact) mass is 370 g/mol. The lowest BCUT2D eigenvalue weighted by Crippen LogP contribution is -2.45. The molecule has 2 amide bonds. The van der Waals surface area contributed by atoms with Crippen molar-refractivity contribution in [2.24, 2.45) is 0 Å². The lowest BCUT2D eigenvalue weighted by molar-refractivity contribution is 0.186. The number of amides is 2. The minimum atomic E-state index is -0.152. The Morgan fingerprint density at radius 3 is 2.88 bits per heavy atom. The maximum absolute atomic E-state index is 12.2. The third-order valence-electron chi connectivity index (χ3n) is 5.41. The van der Waals surface area contributed by atoms with Gasteiger partial charge in [0.05, 0.1) is 5.69 Å². The number of rotatable bonds is 4. The minimum Gasteiger partial charge on any atom is -0.336 e. The summed E-state index contributed by atoms with van der Waals surface area (Å²) in [6.07, 6.45) is 5.67. The van der Waals surface area contributed by atoms with E-state index in [0.29, 0.717) is 12.6 Å². The van der Waals surface area contributed by atoms with Crippen LogP contribution in [0.15, 0.2) is 24.3 Å². The Bertz CT molecular complexity index is 764. The Hall–Kier alpha value is -1.92. The first-order chi connectivity index (χ1) is 12.7. The van der Waals surface area contributed by atoms with Crippen molar-refractivity contribution in [1.82, 2.24) is 15.2 Å². The average Bonchev–Trinajstić information content (AvgIpc) is 3.08. The number of urea groups is 1. The summed E-state index contributed by atoms with van der Waals surface area (Å²) < 4.78 is 0. The second-order valence-corrected chi connectivity index (χ2v) is 8.35. The number of fused-ring (bicyclic) bond motifs is 2. The van der Waals surface area contributed by atoms with Crippen LogP contribution in [-0.2, 0) is 25.8 Å². The van der Waals surface area contributed by atoms with Gasteiger partial charge in [0.2, 0.25) is 0 Å². The van der Waals surface area contributed by atoms with E-state index < -0.39 is 0 Å². The van der Waals surface area contributed by atoms with Gasteiger partial charge in [0, 0.05) is 30.6 Å². The van der Waals surface area contributed by atoms with Crippen molar-refractivity contribution < 1.29 is 4.79 Å². The van der Waals surface area contributed by atoms with Crippen molar-refractivity contribution in [1.29, 1.82) is 0 Å². The number of aromatic nitrogens is 1. The van der Waals surface area contributed by atoms with Gasteiger partial charge in [0.25, 0.3) is 0 Å². The van der Waals surface area contributed by atoms with E-state index in [0.717, 1.165) is 37.5 Å². The van der Waals surface area contributed by atoms with Crippen LogP contribution in [-0.4, -0.2) is 35.0 Å². The Morgan fingerprint density at radius 1 is 1.23 bits per heavy atom. The normalized spacial score (nSPS) is 17.9. The molecule has 26 heavy (non-hydrogen) atoms. The van der Waals surface area contributed by atoms with E-state index in [2.05, 4.69) is 51.7 Å². The van der Waals surface area contributed by atoms with E-state index in [1.807, 2.05) is 0 Å². The Labute approximate surface area is 158 Å². The maximum Gasteiger partial charge on any atom is 0.321 e. The molecule has 0 bridgehead atoms. The molecule has 0 saturated carbocycles. The largest absolute Gasteiger partial charge is 0.336 e. The van der Waals surface area contributed by atoms with Crippen molar-refractivity contribution in [3.05, 3.63) is 46.0 Å². The third kappa shape index (κ3) is 3.91. The smallest absolute Gasteiger partial charge is 0.321 e. The molecule has 1 aliphatic carbocycles. The summed E-state index contributed by atoms with van der Waals surface area (Å²) in [4.78, 5) is 20.6. The van der Waals surface area contributed by atoms with Gasteiger partial charge >= 0.3 is 6.03 Å². The second kappa shape index (κ2) is 7.76. The number of aryl methyl sites for hydroxylation is 2. The molecule has 1 aromatic heterocycles. The van der Waals surface area contributed by atoms with Crippen LogP contribution >= 0.6 is 11.3 Å². The number of hydrogen-bond donors (Lipinski definition) is 2. The molecule has 1 aromatic carbocycles. The molecular weight excluding hydrogens is 344 g/mol. The number of thiazole rings is 1. The lowest BCUT2D eigenvalue weighted by Gasteiger charge is -2.33. The van der Waals surface area contributed by atoms with Crippen LogP contribution in [0.2, 0.25) is 0 Å². The summed E-state index contributed by atoms with van der Waals surface area (Å²) in [6, 6.07) is 8.79. The van der Waals surface area contributed by atoms with Crippen LogP contribution in [0.4, 0.5) is 9.93 Å². The molecular formula is C20H26N4OS. The molecule has 2 aromatic rings. The van der Waals surface area contributed by atoms with E-state index in [4.69, 9.17) is 0 Å². The molecule has 6 heteroatoms. The molecule has 2 N–H and O–H groups in total. The fraction of sp³-hybridized carbons (Fsp3) is 0.500. The van der Waals surface area contributed by atoms with Crippen molar-refractivity contribution in [3.8, 4) is 0 Å². The zero-order valence-corrected chi connectivity index (χ0v) is 16.1. The zero-order valence-electron chi connectivity index (χ0n) is 15.3. The van der Waals surface area contributed by atoms with Gasteiger partial charge in [-0.2, -0.15) is 0 Å². The molecule has 0 fully saturated rings. The van der Waals surface area contributed by atoms with Crippen LogP contribution in [0, 0.1) is 0 Å². The zero-order chi connectivity index (χ0) is 17.9. The number of nitrogens with zero attached hydrogens (tertiary/aromatic N) is 2. The van der Waals surface area contributed by atoms with E-state index in [1.165, 1.54) is 34.5 Å². The average molecular weight is 371 g/mol. The fourth-order valence-electron chi connectivity index (χ4n) is 3.81. The van der Waals surface area contributed by atoms with Gasteiger partial charge < -0.3 is 5.32 Å². The molecule has 0 saturated heterocycles. The first-order valence-electron chi connectivity index (χ1n) is 9.53. The quantitative estimate of drug-likeness (QED) is 0.865.